The smallest absolute Gasteiger partial charge is 0.310 e. The van der Waals surface area contributed by atoms with E-state index in [4.69, 9.17) is 4.52 Å². The lowest BCUT2D eigenvalue weighted by Gasteiger charge is -2.20. The molecule has 0 aliphatic carbocycles. The second kappa shape index (κ2) is 5.90. The number of carbonyl (C=O) groups excluding carboxylic acids is 2. The first kappa shape index (κ1) is 15.0. The lowest BCUT2D eigenvalue weighted by molar-refractivity contribution is -0.145. The highest BCUT2D eigenvalue weighted by Gasteiger charge is 2.20. The molecule has 2 aromatic rings. The minimum atomic E-state index is -0.391. The monoisotopic (exact) mass is 291 g/mol. The Hall–Kier alpha value is -2.44. The number of amides is 1. The molecule has 0 bridgehead atoms. The molecule has 2 aromatic heterocycles. The number of aryl methyl sites for hydroxylation is 1. The van der Waals surface area contributed by atoms with Crippen LogP contribution in [0.25, 0.3) is 11.1 Å². The SMILES string of the molecule is COC(=O)C(C)CN(C)C(=O)c1cnc2onc(C)c2c1. The molecule has 0 fully saturated rings. The fourth-order valence-electron chi connectivity index (χ4n) is 2.05. The largest absolute Gasteiger partial charge is 0.469 e. The number of hydrogen-bond acceptors (Lipinski definition) is 6. The summed E-state index contributed by atoms with van der Waals surface area (Å²) in [7, 11) is 2.96. The lowest BCUT2D eigenvalue weighted by Crippen LogP contribution is -2.34. The van der Waals surface area contributed by atoms with E-state index in [1.165, 1.54) is 18.2 Å². The molecule has 2 heterocycles. The van der Waals surface area contributed by atoms with E-state index >= 15 is 0 Å². The maximum atomic E-state index is 12.4. The summed E-state index contributed by atoms with van der Waals surface area (Å²) >= 11 is 0. The maximum Gasteiger partial charge on any atom is 0.310 e. The summed E-state index contributed by atoms with van der Waals surface area (Å²) in [5.41, 5.74) is 1.50. The van der Waals surface area contributed by atoms with Crippen LogP contribution in [-0.2, 0) is 9.53 Å². The van der Waals surface area contributed by atoms with Crippen LogP contribution in [0.5, 0.6) is 0 Å². The molecule has 0 radical (unpaired) electrons. The number of aromatic nitrogens is 2. The van der Waals surface area contributed by atoms with Crippen molar-refractivity contribution in [3.63, 3.8) is 0 Å². The summed E-state index contributed by atoms with van der Waals surface area (Å²) in [4.78, 5) is 29.3. The molecule has 0 spiro atoms. The number of hydrogen-bond donors (Lipinski definition) is 0. The third-order valence-electron chi connectivity index (χ3n) is 3.25. The van der Waals surface area contributed by atoms with Gasteiger partial charge in [0.15, 0.2) is 0 Å². The summed E-state index contributed by atoms with van der Waals surface area (Å²) < 4.78 is 9.66. The molecule has 0 N–H and O–H groups in total. The van der Waals surface area contributed by atoms with Gasteiger partial charge in [-0.2, -0.15) is 0 Å². The van der Waals surface area contributed by atoms with E-state index in [0.29, 0.717) is 22.4 Å². The van der Waals surface area contributed by atoms with Crippen LogP contribution >= 0.6 is 0 Å². The van der Waals surface area contributed by atoms with Gasteiger partial charge in [0.1, 0.15) is 0 Å². The van der Waals surface area contributed by atoms with Crippen molar-refractivity contribution < 1.29 is 18.8 Å². The van der Waals surface area contributed by atoms with Crippen LogP contribution in [0.15, 0.2) is 16.8 Å². The molecular formula is C14H17N3O4. The second-order valence-corrected chi connectivity index (χ2v) is 4.95. The van der Waals surface area contributed by atoms with E-state index in [1.807, 2.05) is 0 Å². The fourth-order valence-corrected chi connectivity index (χ4v) is 2.05. The van der Waals surface area contributed by atoms with Crippen molar-refractivity contribution >= 4 is 23.0 Å². The molecule has 0 aliphatic rings. The number of nitrogens with zero attached hydrogens (tertiary/aromatic N) is 3. The van der Waals surface area contributed by atoms with Gasteiger partial charge in [0.25, 0.3) is 11.6 Å². The molecule has 7 heteroatoms. The van der Waals surface area contributed by atoms with Gasteiger partial charge in [0.05, 0.1) is 29.7 Å². The maximum absolute atomic E-state index is 12.4. The third-order valence-corrected chi connectivity index (χ3v) is 3.25. The zero-order valence-electron chi connectivity index (χ0n) is 12.4. The predicted octanol–water partition coefficient (Wildman–Crippen LogP) is 1.41. The Kier molecular flexibility index (Phi) is 4.21. The van der Waals surface area contributed by atoms with Gasteiger partial charge in [-0.1, -0.05) is 12.1 Å². The average molecular weight is 291 g/mol. The fraction of sp³-hybridized carbons (Fsp3) is 0.429. The third kappa shape index (κ3) is 3.01. The molecule has 112 valence electrons. The van der Waals surface area contributed by atoms with Crippen molar-refractivity contribution in [1.29, 1.82) is 0 Å². The number of carbonyl (C=O) groups is 2. The number of esters is 1. The molecule has 2 rings (SSSR count). The highest BCUT2D eigenvalue weighted by Crippen LogP contribution is 2.17. The van der Waals surface area contributed by atoms with Crippen LogP contribution in [0.2, 0.25) is 0 Å². The summed E-state index contributed by atoms with van der Waals surface area (Å²) in [6.45, 7) is 3.76. The molecule has 0 aliphatic heterocycles. The van der Waals surface area contributed by atoms with E-state index < -0.39 is 5.92 Å². The average Bonchev–Trinajstić information content (AvgIpc) is 2.86. The van der Waals surface area contributed by atoms with Gasteiger partial charge in [-0.05, 0) is 13.0 Å². The lowest BCUT2D eigenvalue weighted by atomic mass is 10.1. The van der Waals surface area contributed by atoms with E-state index in [0.717, 1.165) is 0 Å². The minimum absolute atomic E-state index is 0.222. The Bertz CT molecular complexity index is 680. The molecule has 1 amide bonds. The van der Waals surface area contributed by atoms with Crippen LogP contribution in [0, 0.1) is 12.8 Å². The molecular weight excluding hydrogens is 274 g/mol. The second-order valence-electron chi connectivity index (χ2n) is 4.95. The normalized spacial score (nSPS) is 12.2. The van der Waals surface area contributed by atoms with Crippen molar-refractivity contribution in [3.8, 4) is 0 Å². The first-order valence-electron chi connectivity index (χ1n) is 6.49. The zero-order valence-corrected chi connectivity index (χ0v) is 12.4. The molecule has 0 saturated heterocycles. The number of methoxy groups -OCH3 is 1. The zero-order chi connectivity index (χ0) is 15.6. The summed E-state index contributed by atoms with van der Waals surface area (Å²) in [5.74, 6) is -0.961. The first-order valence-corrected chi connectivity index (χ1v) is 6.49. The van der Waals surface area contributed by atoms with Crippen LogP contribution in [0.3, 0.4) is 0 Å². The highest BCUT2D eigenvalue weighted by atomic mass is 16.5. The molecule has 1 unspecified atom stereocenters. The molecule has 0 aromatic carbocycles. The van der Waals surface area contributed by atoms with Crippen molar-refractivity contribution in [2.45, 2.75) is 13.8 Å². The van der Waals surface area contributed by atoms with E-state index in [1.54, 1.807) is 27.0 Å². The predicted molar refractivity (Wildman–Crippen MR) is 74.7 cm³/mol. The van der Waals surface area contributed by atoms with Crippen molar-refractivity contribution in [2.24, 2.45) is 5.92 Å². The topological polar surface area (TPSA) is 85.5 Å². The standard InChI is InChI=1S/C14H17N3O4/c1-8(14(19)20-4)7-17(3)13(18)10-5-11-9(2)16-21-12(11)15-6-10/h5-6,8H,7H2,1-4H3. The van der Waals surface area contributed by atoms with Crippen molar-refractivity contribution in [1.82, 2.24) is 15.0 Å². The number of fused-ring (bicyclic) bond motifs is 1. The van der Waals surface area contributed by atoms with Crippen LogP contribution in [0.4, 0.5) is 0 Å². The minimum Gasteiger partial charge on any atom is -0.469 e. The summed E-state index contributed by atoms with van der Waals surface area (Å²) in [6, 6.07) is 1.69. The Labute approximate surface area is 121 Å². The van der Waals surface area contributed by atoms with Crippen LogP contribution in [0.1, 0.15) is 23.0 Å². The molecule has 0 saturated carbocycles. The number of ether oxygens (including phenoxy) is 1. The van der Waals surface area contributed by atoms with Gasteiger partial charge in [-0.25, -0.2) is 4.98 Å². The van der Waals surface area contributed by atoms with Gasteiger partial charge in [0.2, 0.25) is 0 Å². The quantitative estimate of drug-likeness (QED) is 0.792. The van der Waals surface area contributed by atoms with Gasteiger partial charge >= 0.3 is 5.97 Å². The summed E-state index contributed by atoms with van der Waals surface area (Å²) in [5, 5.41) is 4.50. The van der Waals surface area contributed by atoms with Crippen LogP contribution in [-0.4, -0.2) is 47.6 Å². The van der Waals surface area contributed by atoms with Gasteiger partial charge in [-0.3, -0.25) is 9.59 Å². The Morgan fingerprint density at radius 2 is 2.19 bits per heavy atom. The van der Waals surface area contributed by atoms with Gasteiger partial charge < -0.3 is 14.2 Å². The van der Waals surface area contributed by atoms with E-state index in [9.17, 15) is 9.59 Å². The van der Waals surface area contributed by atoms with Crippen molar-refractivity contribution in [2.75, 3.05) is 20.7 Å². The highest BCUT2D eigenvalue weighted by molar-refractivity contribution is 5.97. The van der Waals surface area contributed by atoms with E-state index in [-0.39, 0.29) is 18.4 Å². The summed E-state index contributed by atoms with van der Waals surface area (Å²) in [6.07, 6.45) is 1.44. The first-order chi connectivity index (χ1) is 9.93. The number of pyridine rings is 1. The molecule has 1 atom stereocenters. The molecule has 21 heavy (non-hydrogen) atoms. The van der Waals surface area contributed by atoms with Crippen LogP contribution < -0.4 is 0 Å². The molecule has 7 nitrogen and oxygen atoms in total. The van der Waals surface area contributed by atoms with Gasteiger partial charge in [0, 0.05) is 19.8 Å². The Morgan fingerprint density at radius 3 is 2.86 bits per heavy atom. The Balaban J connectivity index is 2.17. The Morgan fingerprint density at radius 1 is 1.48 bits per heavy atom. The van der Waals surface area contributed by atoms with Gasteiger partial charge in [-0.15, -0.1) is 0 Å². The van der Waals surface area contributed by atoms with E-state index in [2.05, 4.69) is 14.9 Å². The number of rotatable bonds is 4. The van der Waals surface area contributed by atoms with Crippen molar-refractivity contribution in [3.05, 3.63) is 23.5 Å².